The summed E-state index contributed by atoms with van der Waals surface area (Å²) in [6, 6.07) is 22.1. The number of ether oxygens (including phenoxy) is 8. The van der Waals surface area contributed by atoms with Crippen LogP contribution in [0.1, 0.15) is 187 Å². The zero-order chi connectivity index (χ0) is 80.3. The summed E-state index contributed by atoms with van der Waals surface area (Å²) >= 11 is 5.29. The summed E-state index contributed by atoms with van der Waals surface area (Å²) < 4.78 is 39.1. The summed E-state index contributed by atoms with van der Waals surface area (Å²) in [4.78, 5) is 82.3. The number of rotatable bonds is 28. The molecule has 5 unspecified atom stereocenters. The zero-order valence-corrected chi connectivity index (χ0v) is 71.2. The highest BCUT2D eigenvalue weighted by Crippen LogP contribution is 2.39. The topological polar surface area (TPSA) is 356 Å². The second kappa shape index (κ2) is 51.3. The predicted molar refractivity (Wildman–Crippen MR) is 442 cm³/mol. The van der Waals surface area contributed by atoms with E-state index in [-0.39, 0.29) is 136 Å². The number of aromatic nitrogens is 6. The third-order valence-corrected chi connectivity index (χ3v) is 16.6. The summed E-state index contributed by atoms with van der Waals surface area (Å²) in [6.45, 7) is 40.1. The maximum atomic E-state index is 12.6. The second-order valence-electron chi connectivity index (χ2n) is 27.7. The highest BCUT2D eigenvalue weighted by molar-refractivity contribution is 14.1. The van der Waals surface area contributed by atoms with Crippen molar-refractivity contribution in [1.82, 2.24) is 30.0 Å². The van der Waals surface area contributed by atoms with Gasteiger partial charge in [-0.05, 0) is 119 Å². The van der Waals surface area contributed by atoms with Crippen LogP contribution in [0, 0.1) is 17.3 Å². The minimum atomic E-state index is -1.25. The number of carbonyl (C=O) groups is 7. The Bertz CT molecular complexity index is 3720. The Kier molecular flexibility index (Phi) is 49.9. The van der Waals surface area contributed by atoms with Gasteiger partial charge in [-0.3, -0.25) is 24.0 Å². The van der Waals surface area contributed by atoms with Gasteiger partial charge in [0.05, 0.1) is 45.9 Å². The SMILES string of the molecule is C.C.C=C(C)C(=O)OC.C=C(C)C(=O)OCC(O)COC(=O)CCc1cc(-n2nc3ccccc3n2)c(O)c(C(C)(C)C)c1.CCC.CCOC(=O)C(C)(C)Br.CCOC(=O)C(C)C.COC(=O)C(C)CC(C)(CI)C(O)OCC(O)COC(=O)CCc1cc(-n2nc3ccccc3n2)c(O)c(C(C)(C)C)c1.I. The maximum absolute atomic E-state index is 12.6. The minimum Gasteiger partial charge on any atom is -0.505 e. The lowest BCUT2D eigenvalue weighted by Crippen LogP contribution is -2.40. The smallest absolute Gasteiger partial charge is 0.333 e. The first kappa shape index (κ1) is 105. The van der Waals surface area contributed by atoms with Crippen molar-refractivity contribution in [3.05, 3.63) is 119 Å². The second-order valence-corrected chi connectivity index (χ2v) is 30.5. The van der Waals surface area contributed by atoms with Crippen LogP contribution in [0.4, 0.5) is 0 Å². The number of nitrogens with zero attached hydrogens (tertiary/aromatic N) is 6. The maximum Gasteiger partial charge on any atom is 0.333 e. The molecule has 108 heavy (non-hydrogen) atoms. The quantitative estimate of drug-likeness (QED) is 0.00760. The third kappa shape index (κ3) is 37.5. The number of methoxy groups -OCH3 is 2. The normalized spacial score (nSPS) is 12.5. The number of aliphatic hydroxyl groups excluding tert-OH is 3. The fourth-order valence-electron chi connectivity index (χ4n) is 8.83. The number of fused-ring (bicyclic) bond motifs is 2. The molecule has 0 aliphatic heterocycles. The van der Waals surface area contributed by atoms with Crippen molar-refractivity contribution in [1.29, 1.82) is 0 Å². The number of phenols is 2. The Morgan fingerprint density at radius 2 is 0.917 bits per heavy atom. The van der Waals surface area contributed by atoms with E-state index in [0.717, 1.165) is 11.1 Å². The highest BCUT2D eigenvalue weighted by Gasteiger charge is 2.37. The van der Waals surface area contributed by atoms with Gasteiger partial charge in [0.15, 0.2) is 6.29 Å². The molecule has 0 spiro atoms. The van der Waals surface area contributed by atoms with E-state index in [4.69, 9.17) is 28.4 Å². The first-order valence-corrected chi connectivity index (χ1v) is 36.8. The van der Waals surface area contributed by atoms with E-state index in [2.05, 4.69) is 95.4 Å². The molecule has 0 bridgehead atoms. The van der Waals surface area contributed by atoms with E-state index in [0.29, 0.717) is 87.0 Å². The molecule has 0 aliphatic rings. The fraction of sp³-hybridized carbons (Fsp3) is 0.557. The van der Waals surface area contributed by atoms with Crippen molar-refractivity contribution >= 4 is 126 Å². The molecule has 608 valence electrons. The number of benzene rings is 4. The first-order chi connectivity index (χ1) is 48.9. The van der Waals surface area contributed by atoms with Gasteiger partial charge in [0.1, 0.15) is 81.3 Å². The Hall–Kier alpha value is -7.17. The Morgan fingerprint density at radius 3 is 1.19 bits per heavy atom. The number of aromatic hydroxyl groups is 2. The molecule has 29 heteroatoms. The molecule has 5 N–H and O–H groups in total. The Morgan fingerprint density at radius 1 is 0.556 bits per heavy atom. The lowest BCUT2D eigenvalue weighted by Gasteiger charge is -2.34. The monoisotopic (exact) mass is 1810 g/mol. The van der Waals surface area contributed by atoms with Crippen molar-refractivity contribution < 1.29 is 97.0 Å². The molecule has 6 aromatic rings. The fourth-order valence-corrected chi connectivity index (χ4v) is 9.63. The number of hydrogen-bond donors (Lipinski definition) is 5. The molecule has 0 radical (unpaired) electrons. The molecule has 0 amide bonds. The lowest BCUT2D eigenvalue weighted by molar-refractivity contribution is -0.187. The molecule has 26 nitrogen and oxygen atoms in total. The van der Waals surface area contributed by atoms with Crippen LogP contribution in [0.15, 0.2) is 97.1 Å². The van der Waals surface area contributed by atoms with Gasteiger partial charge < -0.3 is 63.4 Å². The van der Waals surface area contributed by atoms with Crippen LogP contribution in [-0.4, -0.2) is 178 Å². The third-order valence-electron chi connectivity index (χ3n) is 14.6. The molecule has 6 rings (SSSR count). The van der Waals surface area contributed by atoms with Crippen LogP contribution in [-0.2, 0) is 95.1 Å². The molecule has 0 fully saturated rings. The molecule has 0 saturated carbocycles. The summed E-state index contributed by atoms with van der Waals surface area (Å²) in [7, 11) is 2.65. The van der Waals surface area contributed by atoms with Gasteiger partial charge in [-0.25, -0.2) is 9.59 Å². The van der Waals surface area contributed by atoms with E-state index < -0.39 is 52.1 Å². The summed E-state index contributed by atoms with van der Waals surface area (Å²) in [5, 5.41) is 70.9. The van der Waals surface area contributed by atoms with Crippen LogP contribution < -0.4 is 0 Å². The van der Waals surface area contributed by atoms with Gasteiger partial charge in [0.2, 0.25) is 0 Å². The van der Waals surface area contributed by atoms with Crippen molar-refractivity contribution in [2.24, 2.45) is 17.3 Å². The van der Waals surface area contributed by atoms with Gasteiger partial charge in [-0.1, -0.05) is 192 Å². The molecule has 2 heterocycles. The number of esters is 7. The molecular formula is C79H121BrI2N6O20. The Balaban J connectivity index is -0.00000150. The van der Waals surface area contributed by atoms with Crippen LogP contribution in [0.5, 0.6) is 11.5 Å². The van der Waals surface area contributed by atoms with Crippen molar-refractivity contribution in [3.8, 4) is 22.9 Å². The number of phenolic OH excluding ortho intramolecular Hbond substituents is 2. The predicted octanol–water partition coefficient (Wildman–Crippen LogP) is 14.6. The van der Waals surface area contributed by atoms with Crippen LogP contribution in [0.25, 0.3) is 33.4 Å². The number of hydrogen-bond acceptors (Lipinski definition) is 24. The molecule has 0 aliphatic carbocycles. The summed E-state index contributed by atoms with van der Waals surface area (Å²) in [5.41, 5.74) is 5.76. The van der Waals surface area contributed by atoms with Gasteiger partial charge in [-0.15, -0.1) is 54.0 Å². The number of alkyl halides is 2. The number of aliphatic hydroxyl groups is 3. The van der Waals surface area contributed by atoms with Crippen LogP contribution in [0.3, 0.4) is 0 Å². The molecule has 4 aromatic carbocycles. The molecule has 5 atom stereocenters. The standard InChI is InChI=1S/C31H42IN3O8.C26H31N3O6.C6H11BrO2.C6H12O2.C5H8O2.C3H8.2CH4.HI/c1-19(28(39)41-6)15-31(5,18-32)29(40)43-17-21(36)16-42-26(37)12-11-20-13-22(30(2,3)4)27(38)25(14-20)35-33-23-9-7-8-10-24(23)34-35;1-16(2)25(33)35-15-18(30)14-34-23(31)11-10-17-12-19(26(3,4)5)24(32)22(13-17)29-27-20-8-6-7-9-21(20)28-29;1-4-9-5(8)6(2,3)7;1-4-8-6(7)5(2)3;1-4(2)5(6)7-3;1-3-2;;;/h7-10,13-14,19,21,29,36,38,40H,11-12,15-18H2,1-6H3;6-9,12-13,18,30,32H,1,10-11,14-15H2,2-5H3;4H2,1-3H3;5H,4H2,1-3H3;1H2,2-3H3;3H2,1-2H3;2*1H4;1H. The van der Waals surface area contributed by atoms with Crippen molar-refractivity contribution in [2.75, 3.05) is 58.3 Å². The van der Waals surface area contributed by atoms with E-state index in [1.165, 1.54) is 37.2 Å². The zero-order valence-electron chi connectivity index (χ0n) is 65.1. The average molecular weight is 1810 g/mol. The van der Waals surface area contributed by atoms with Gasteiger partial charge in [0.25, 0.3) is 0 Å². The van der Waals surface area contributed by atoms with E-state index in [1.807, 2.05) is 116 Å². The average Bonchev–Trinajstić information content (AvgIpc) is 1.45. The highest BCUT2D eigenvalue weighted by atomic mass is 127. The number of halogens is 3. The van der Waals surface area contributed by atoms with Crippen LogP contribution in [0.2, 0.25) is 0 Å². The van der Waals surface area contributed by atoms with Gasteiger partial charge >= 0.3 is 41.8 Å². The van der Waals surface area contributed by atoms with Gasteiger partial charge in [-0.2, -0.15) is 0 Å². The molecule has 0 saturated heterocycles. The summed E-state index contributed by atoms with van der Waals surface area (Å²) in [6.07, 6.45) is -1.18. The lowest BCUT2D eigenvalue weighted by atomic mass is 9.82. The van der Waals surface area contributed by atoms with Crippen LogP contribution >= 0.6 is 62.5 Å². The van der Waals surface area contributed by atoms with Gasteiger partial charge in [0, 0.05) is 45.0 Å². The largest absolute Gasteiger partial charge is 0.505 e. The molecular weight excluding hydrogens is 1690 g/mol. The molecule has 2 aromatic heterocycles. The van der Waals surface area contributed by atoms with E-state index in [1.54, 1.807) is 60.6 Å². The van der Waals surface area contributed by atoms with Crippen molar-refractivity contribution in [3.63, 3.8) is 0 Å². The van der Waals surface area contributed by atoms with Crippen molar-refractivity contribution in [2.45, 2.75) is 212 Å². The first-order valence-electron chi connectivity index (χ1n) is 34.5. The number of carbonyl (C=O) groups excluding carboxylic acids is 7. The Labute approximate surface area is 678 Å². The van der Waals surface area contributed by atoms with E-state index in [9.17, 15) is 59.1 Å². The number of aryl methyl sites for hydroxylation is 2. The van der Waals surface area contributed by atoms with E-state index >= 15 is 0 Å². The summed E-state index contributed by atoms with van der Waals surface area (Å²) in [5.74, 6) is -2.98. The minimum absolute atomic E-state index is 0.